The molecular formula is C18H23N3O3S. The van der Waals surface area contributed by atoms with Crippen molar-refractivity contribution in [2.24, 2.45) is 0 Å². The monoisotopic (exact) mass is 361 g/mol. The summed E-state index contributed by atoms with van der Waals surface area (Å²) in [6, 6.07) is 7.37. The van der Waals surface area contributed by atoms with Crippen LogP contribution in [0.5, 0.6) is 0 Å². The summed E-state index contributed by atoms with van der Waals surface area (Å²) in [7, 11) is 1.37. The highest BCUT2D eigenvalue weighted by Crippen LogP contribution is 2.22. The summed E-state index contributed by atoms with van der Waals surface area (Å²) in [4.78, 5) is 31.3. The largest absolute Gasteiger partial charge is 0.467 e. The molecule has 1 aromatic heterocycles. The second kappa shape index (κ2) is 7.91. The number of carbonyl (C=O) groups excluding carboxylic acids is 2. The summed E-state index contributed by atoms with van der Waals surface area (Å²) in [5.41, 5.74) is 1.84. The Kier molecular flexibility index (Phi) is 5.63. The maximum absolute atomic E-state index is 13.0. The topological polar surface area (TPSA) is 64.4 Å². The Labute approximate surface area is 151 Å². The summed E-state index contributed by atoms with van der Waals surface area (Å²) in [6.07, 6.45) is 4.54. The number of fused-ring (bicyclic) bond motifs is 1. The van der Waals surface area contributed by atoms with Gasteiger partial charge in [0.25, 0.3) is 0 Å². The fourth-order valence-corrected chi connectivity index (χ4v) is 3.86. The molecule has 1 aliphatic rings. The van der Waals surface area contributed by atoms with Crippen LogP contribution in [0.2, 0.25) is 0 Å². The summed E-state index contributed by atoms with van der Waals surface area (Å²) in [5, 5.41) is 0. The van der Waals surface area contributed by atoms with Gasteiger partial charge in [-0.25, -0.2) is 9.78 Å². The molecule has 0 saturated carbocycles. The number of imidazole rings is 1. The van der Waals surface area contributed by atoms with Gasteiger partial charge in [0, 0.05) is 6.54 Å². The number of nitrogens with zero attached hydrogens (tertiary/aromatic N) is 3. The summed E-state index contributed by atoms with van der Waals surface area (Å²) >= 11 is 1.67. The van der Waals surface area contributed by atoms with Crippen molar-refractivity contribution in [1.82, 2.24) is 14.5 Å². The van der Waals surface area contributed by atoms with Gasteiger partial charge in [0.2, 0.25) is 5.91 Å². The third-order valence-corrected chi connectivity index (χ3v) is 5.14. The number of ether oxygens (including phenoxy) is 1. The number of hydrogen-bond acceptors (Lipinski definition) is 5. The second-order valence-corrected chi connectivity index (χ2v) is 7.02. The molecule has 0 radical (unpaired) electrons. The Morgan fingerprint density at radius 1 is 1.32 bits per heavy atom. The number of likely N-dealkylation sites (tertiary alicyclic amines) is 1. The van der Waals surface area contributed by atoms with Crippen LogP contribution in [0.25, 0.3) is 11.0 Å². The van der Waals surface area contributed by atoms with E-state index in [4.69, 9.17) is 4.74 Å². The minimum Gasteiger partial charge on any atom is -0.467 e. The van der Waals surface area contributed by atoms with Crippen LogP contribution < -0.4 is 0 Å². The van der Waals surface area contributed by atoms with Gasteiger partial charge in [-0.2, -0.15) is 11.8 Å². The fourth-order valence-electron chi connectivity index (χ4n) is 3.38. The first-order valence-corrected chi connectivity index (χ1v) is 9.85. The van der Waals surface area contributed by atoms with Gasteiger partial charge in [-0.3, -0.25) is 4.79 Å². The molecule has 2 heterocycles. The maximum atomic E-state index is 13.0. The number of hydrogen-bond donors (Lipinski definition) is 0. The second-order valence-electron chi connectivity index (χ2n) is 6.16. The molecule has 1 unspecified atom stereocenters. The van der Waals surface area contributed by atoms with Crippen molar-refractivity contribution in [1.29, 1.82) is 0 Å². The molecule has 3 rings (SSSR count). The van der Waals surface area contributed by atoms with Crippen LogP contribution in [0.1, 0.15) is 25.1 Å². The van der Waals surface area contributed by atoms with Crippen LogP contribution in [0.4, 0.5) is 0 Å². The molecule has 25 heavy (non-hydrogen) atoms. The Bertz CT molecular complexity index is 774. The summed E-state index contributed by atoms with van der Waals surface area (Å²) in [5.74, 6) is 1.24. The first-order chi connectivity index (χ1) is 12.2. The van der Waals surface area contributed by atoms with Crippen molar-refractivity contribution >= 4 is 34.7 Å². The lowest BCUT2D eigenvalue weighted by atomic mass is 10.0. The van der Waals surface area contributed by atoms with Crippen LogP contribution >= 0.6 is 11.8 Å². The average Bonchev–Trinajstić information content (AvgIpc) is 2.99. The molecule has 1 aliphatic heterocycles. The number of benzene rings is 1. The molecule has 0 bridgehead atoms. The lowest BCUT2D eigenvalue weighted by Crippen LogP contribution is -2.49. The molecule has 2 aromatic rings. The van der Waals surface area contributed by atoms with Gasteiger partial charge >= 0.3 is 5.97 Å². The van der Waals surface area contributed by atoms with E-state index in [1.165, 1.54) is 7.11 Å². The van der Waals surface area contributed by atoms with Crippen LogP contribution in [0.3, 0.4) is 0 Å². The molecule has 1 atom stereocenters. The molecule has 1 saturated heterocycles. The lowest BCUT2D eigenvalue weighted by molar-refractivity contribution is -0.154. The van der Waals surface area contributed by atoms with E-state index in [1.807, 2.05) is 35.1 Å². The third kappa shape index (κ3) is 3.66. The van der Waals surface area contributed by atoms with Crippen LogP contribution in [0, 0.1) is 0 Å². The highest BCUT2D eigenvalue weighted by molar-refractivity contribution is 7.97. The number of para-hydroxylation sites is 2. The van der Waals surface area contributed by atoms with Crippen molar-refractivity contribution in [3.8, 4) is 0 Å². The Balaban J connectivity index is 1.88. The quantitative estimate of drug-likeness (QED) is 0.766. The SMILES string of the molecule is COC(=O)C1CCCCN1C(=O)Cn1c(CSC)nc2ccccc21. The standard InChI is InChI=1S/C18H23N3O3S/c1-24-18(23)15-9-5-6-10-20(15)17(22)11-21-14-8-4-3-7-13(14)19-16(21)12-25-2/h3-4,7-8,15H,5-6,9-12H2,1-2H3. The average molecular weight is 361 g/mol. The van der Waals surface area contributed by atoms with Crippen molar-refractivity contribution < 1.29 is 14.3 Å². The van der Waals surface area contributed by atoms with Crippen LogP contribution in [-0.4, -0.2) is 52.3 Å². The smallest absolute Gasteiger partial charge is 0.328 e. The van der Waals surface area contributed by atoms with Gasteiger partial charge < -0.3 is 14.2 Å². The molecular weight excluding hydrogens is 338 g/mol. The number of methoxy groups -OCH3 is 1. The first kappa shape index (κ1) is 17.8. The zero-order valence-electron chi connectivity index (χ0n) is 14.6. The number of aromatic nitrogens is 2. The molecule has 0 N–H and O–H groups in total. The minimum atomic E-state index is -0.468. The molecule has 0 aliphatic carbocycles. The number of amides is 1. The Morgan fingerprint density at radius 2 is 2.12 bits per heavy atom. The molecule has 1 aromatic carbocycles. The Morgan fingerprint density at radius 3 is 2.88 bits per heavy atom. The van der Waals surface area contributed by atoms with E-state index in [0.29, 0.717) is 13.0 Å². The molecule has 1 fully saturated rings. The van der Waals surface area contributed by atoms with Gasteiger partial charge in [0.15, 0.2) is 0 Å². The van der Waals surface area contributed by atoms with E-state index < -0.39 is 6.04 Å². The highest BCUT2D eigenvalue weighted by Gasteiger charge is 2.33. The van der Waals surface area contributed by atoms with Gasteiger partial charge in [0.05, 0.1) is 23.9 Å². The number of carbonyl (C=O) groups is 2. The van der Waals surface area contributed by atoms with Crippen LogP contribution in [0.15, 0.2) is 24.3 Å². The first-order valence-electron chi connectivity index (χ1n) is 8.46. The molecule has 0 spiro atoms. The van der Waals surface area contributed by atoms with Crippen molar-refractivity contribution in [2.75, 3.05) is 19.9 Å². The van der Waals surface area contributed by atoms with E-state index >= 15 is 0 Å². The van der Waals surface area contributed by atoms with E-state index in [0.717, 1.165) is 35.5 Å². The van der Waals surface area contributed by atoms with E-state index in [9.17, 15) is 9.59 Å². The zero-order valence-corrected chi connectivity index (χ0v) is 15.4. The zero-order chi connectivity index (χ0) is 17.8. The van der Waals surface area contributed by atoms with Crippen molar-refractivity contribution in [3.63, 3.8) is 0 Å². The van der Waals surface area contributed by atoms with Crippen LogP contribution in [-0.2, 0) is 26.6 Å². The normalized spacial score (nSPS) is 17.7. The number of thioether (sulfide) groups is 1. The molecule has 7 heteroatoms. The van der Waals surface area contributed by atoms with E-state index in [-0.39, 0.29) is 18.4 Å². The predicted molar refractivity (Wildman–Crippen MR) is 98.3 cm³/mol. The lowest BCUT2D eigenvalue weighted by Gasteiger charge is -2.34. The van der Waals surface area contributed by atoms with E-state index in [2.05, 4.69) is 4.98 Å². The van der Waals surface area contributed by atoms with Gasteiger partial charge in [-0.1, -0.05) is 12.1 Å². The molecule has 6 nitrogen and oxygen atoms in total. The summed E-state index contributed by atoms with van der Waals surface area (Å²) in [6.45, 7) is 0.799. The van der Waals surface area contributed by atoms with Crippen molar-refractivity contribution in [3.05, 3.63) is 30.1 Å². The van der Waals surface area contributed by atoms with Gasteiger partial charge in [-0.05, 0) is 37.7 Å². The number of esters is 1. The predicted octanol–water partition coefficient (Wildman–Crippen LogP) is 2.45. The maximum Gasteiger partial charge on any atom is 0.328 e. The number of rotatable bonds is 5. The highest BCUT2D eigenvalue weighted by atomic mass is 32.2. The molecule has 1 amide bonds. The number of piperidine rings is 1. The third-order valence-electron chi connectivity index (χ3n) is 4.60. The van der Waals surface area contributed by atoms with E-state index in [1.54, 1.807) is 16.7 Å². The van der Waals surface area contributed by atoms with Crippen molar-refractivity contribution in [2.45, 2.75) is 37.6 Å². The fraction of sp³-hybridized carbons (Fsp3) is 0.500. The Hall–Kier alpha value is -2.02. The van der Waals surface area contributed by atoms with Gasteiger partial charge in [-0.15, -0.1) is 0 Å². The molecule has 134 valence electrons. The van der Waals surface area contributed by atoms with Gasteiger partial charge in [0.1, 0.15) is 18.4 Å². The minimum absolute atomic E-state index is 0.0550. The summed E-state index contributed by atoms with van der Waals surface area (Å²) < 4.78 is 6.85.